The third kappa shape index (κ3) is 1.78. The van der Waals surface area contributed by atoms with Crippen molar-refractivity contribution in [2.24, 2.45) is 0 Å². The number of fused-ring (bicyclic) bond motifs is 1. The van der Waals surface area contributed by atoms with Crippen LogP contribution in [0.5, 0.6) is 0 Å². The van der Waals surface area contributed by atoms with Crippen molar-refractivity contribution in [1.29, 1.82) is 0 Å². The van der Waals surface area contributed by atoms with E-state index in [1.165, 1.54) is 16.9 Å². The van der Waals surface area contributed by atoms with E-state index in [0.717, 1.165) is 31.1 Å². The average Bonchev–Trinajstić information content (AvgIpc) is 2.61. The lowest BCUT2D eigenvalue weighted by Gasteiger charge is -1.98. The van der Waals surface area contributed by atoms with Crippen molar-refractivity contribution in [2.45, 2.75) is 5.33 Å². The fourth-order valence-electron chi connectivity index (χ4n) is 1.32. The Labute approximate surface area is 102 Å². The molecule has 0 fully saturated rings. The zero-order valence-corrected chi connectivity index (χ0v) is 11.1. The van der Waals surface area contributed by atoms with Crippen LogP contribution in [0.15, 0.2) is 22.7 Å². The zero-order valence-electron chi connectivity index (χ0n) is 7.09. The van der Waals surface area contributed by atoms with E-state index in [-0.39, 0.29) is 0 Å². The molecule has 0 saturated carbocycles. The molecule has 0 spiro atoms. The van der Waals surface area contributed by atoms with E-state index >= 15 is 0 Å². The van der Waals surface area contributed by atoms with Gasteiger partial charge in [0.05, 0.1) is 4.88 Å². The predicted molar refractivity (Wildman–Crippen MR) is 67.5 cm³/mol. The van der Waals surface area contributed by atoms with Crippen LogP contribution in [0.1, 0.15) is 15.2 Å². The van der Waals surface area contributed by atoms with Crippen LogP contribution in [0, 0.1) is 0 Å². The summed E-state index contributed by atoms with van der Waals surface area (Å²) in [4.78, 5) is 11.4. The van der Waals surface area contributed by atoms with Gasteiger partial charge in [-0.25, -0.2) is 0 Å². The quantitative estimate of drug-likeness (QED) is 0.589. The van der Waals surface area contributed by atoms with Gasteiger partial charge >= 0.3 is 0 Å². The first-order valence-electron chi connectivity index (χ1n) is 3.97. The van der Waals surface area contributed by atoms with Crippen LogP contribution >= 0.6 is 43.2 Å². The Hall–Kier alpha value is -0.190. The van der Waals surface area contributed by atoms with Crippen molar-refractivity contribution in [3.63, 3.8) is 0 Å². The molecule has 0 atom stereocenters. The summed E-state index contributed by atoms with van der Waals surface area (Å²) < 4.78 is 2.19. The summed E-state index contributed by atoms with van der Waals surface area (Å²) in [5.74, 6) is 0. The van der Waals surface area contributed by atoms with E-state index in [2.05, 4.69) is 44.0 Å². The normalized spacial score (nSPS) is 10.7. The Kier molecular flexibility index (Phi) is 3.04. The van der Waals surface area contributed by atoms with E-state index in [1.54, 1.807) is 0 Å². The molecule has 1 heterocycles. The number of carbonyl (C=O) groups excluding carboxylic acids is 1. The number of carbonyl (C=O) groups is 1. The van der Waals surface area contributed by atoms with Gasteiger partial charge in [0.15, 0.2) is 6.29 Å². The molecule has 1 nitrogen and oxygen atoms in total. The lowest BCUT2D eigenvalue weighted by molar-refractivity contribution is 0.112. The molecule has 0 saturated heterocycles. The van der Waals surface area contributed by atoms with Gasteiger partial charge in [0.1, 0.15) is 0 Å². The van der Waals surface area contributed by atoms with E-state index in [1.807, 2.05) is 6.07 Å². The highest BCUT2D eigenvalue weighted by Crippen LogP contribution is 2.33. The Bertz CT molecular complexity index is 490. The Balaban J connectivity index is 2.73. The first kappa shape index (κ1) is 10.3. The molecule has 1 aromatic carbocycles. The third-order valence-electron chi connectivity index (χ3n) is 1.92. The smallest absolute Gasteiger partial charge is 0.160 e. The third-order valence-corrected chi connectivity index (χ3v) is 4.57. The lowest BCUT2D eigenvalue weighted by atomic mass is 10.2. The van der Waals surface area contributed by atoms with Crippen LogP contribution in [0.25, 0.3) is 10.1 Å². The van der Waals surface area contributed by atoms with Crippen LogP contribution in [-0.2, 0) is 5.33 Å². The molecule has 1 aromatic heterocycles. The van der Waals surface area contributed by atoms with Crippen molar-refractivity contribution in [1.82, 2.24) is 0 Å². The molecule has 0 amide bonds. The number of rotatable bonds is 2. The Morgan fingerprint density at radius 2 is 2.14 bits per heavy atom. The Morgan fingerprint density at radius 3 is 2.79 bits per heavy atom. The molecule has 0 aliphatic carbocycles. The van der Waals surface area contributed by atoms with Gasteiger partial charge in [0.2, 0.25) is 0 Å². The summed E-state index contributed by atoms with van der Waals surface area (Å²) in [5, 5.41) is 1.95. The van der Waals surface area contributed by atoms with Crippen LogP contribution < -0.4 is 0 Å². The van der Waals surface area contributed by atoms with Gasteiger partial charge in [0, 0.05) is 14.5 Å². The maximum Gasteiger partial charge on any atom is 0.160 e. The number of thiophene rings is 1. The minimum atomic E-state index is 0.771. The molecule has 72 valence electrons. The van der Waals surface area contributed by atoms with Gasteiger partial charge in [-0.05, 0) is 45.1 Å². The van der Waals surface area contributed by atoms with Crippen LogP contribution in [0.4, 0.5) is 0 Å². The van der Waals surface area contributed by atoms with Gasteiger partial charge in [-0.1, -0.05) is 15.9 Å². The summed E-state index contributed by atoms with van der Waals surface area (Å²) in [7, 11) is 0. The second-order valence-corrected chi connectivity index (χ2v) is 5.40. The largest absolute Gasteiger partial charge is 0.297 e. The first-order chi connectivity index (χ1) is 6.74. The molecule has 0 aliphatic heterocycles. The maximum absolute atomic E-state index is 10.6. The van der Waals surface area contributed by atoms with E-state index in [4.69, 9.17) is 0 Å². The predicted octanol–water partition coefficient (Wildman–Crippen LogP) is 4.37. The summed E-state index contributed by atoms with van der Waals surface area (Å²) in [6.07, 6.45) is 0.894. The van der Waals surface area contributed by atoms with Crippen molar-refractivity contribution in [3.8, 4) is 0 Å². The molecule has 0 radical (unpaired) electrons. The molecule has 0 N–H and O–H groups in total. The van der Waals surface area contributed by atoms with Gasteiger partial charge < -0.3 is 0 Å². The molecule has 2 aromatic rings. The second-order valence-electron chi connectivity index (χ2n) is 2.90. The maximum atomic E-state index is 10.6. The molecular formula is C10H6Br2OS. The number of hydrogen-bond donors (Lipinski definition) is 0. The number of hydrogen-bond acceptors (Lipinski definition) is 2. The first-order valence-corrected chi connectivity index (χ1v) is 6.71. The van der Waals surface area contributed by atoms with Gasteiger partial charge in [0.25, 0.3) is 0 Å². The van der Waals surface area contributed by atoms with Crippen molar-refractivity contribution >= 4 is 59.6 Å². The Morgan fingerprint density at radius 1 is 1.36 bits per heavy atom. The van der Waals surface area contributed by atoms with Crippen molar-refractivity contribution < 1.29 is 4.79 Å². The minimum Gasteiger partial charge on any atom is -0.297 e. The molecule has 0 unspecified atom stereocenters. The zero-order chi connectivity index (χ0) is 10.1. The van der Waals surface area contributed by atoms with Crippen LogP contribution in [-0.4, -0.2) is 6.29 Å². The highest BCUT2D eigenvalue weighted by atomic mass is 79.9. The second kappa shape index (κ2) is 4.13. The molecule has 14 heavy (non-hydrogen) atoms. The molecule has 4 heteroatoms. The monoisotopic (exact) mass is 332 g/mol. The number of halogens is 2. The number of aldehydes is 1. The fraction of sp³-hybridized carbons (Fsp3) is 0.100. The van der Waals surface area contributed by atoms with Crippen LogP contribution in [0.2, 0.25) is 0 Å². The summed E-state index contributed by atoms with van der Waals surface area (Å²) >= 11 is 8.43. The summed E-state index contributed by atoms with van der Waals surface area (Å²) in [6.45, 7) is 0. The topological polar surface area (TPSA) is 17.1 Å². The fourth-order valence-corrected chi connectivity index (χ4v) is 3.28. The molecule has 0 bridgehead atoms. The lowest BCUT2D eigenvalue weighted by Crippen LogP contribution is -1.76. The van der Waals surface area contributed by atoms with Gasteiger partial charge in [-0.2, -0.15) is 0 Å². The molecular weight excluding hydrogens is 328 g/mol. The number of benzene rings is 1. The summed E-state index contributed by atoms with van der Waals surface area (Å²) in [6, 6.07) is 6.09. The van der Waals surface area contributed by atoms with Crippen LogP contribution in [0.3, 0.4) is 0 Å². The van der Waals surface area contributed by atoms with Crippen molar-refractivity contribution in [3.05, 3.63) is 33.1 Å². The van der Waals surface area contributed by atoms with Crippen molar-refractivity contribution in [2.75, 3.05) is 0 Å². The van der Waals surface area contributed by atoms with E-state index < -0.39 is 0 Å². The minimum absolute atomic E-state index is 0.771. The summed E-state index contributed by atoms with van der Waals surface area (Å²) in [5.41, 5.74) is 1.21. The van der Waals surface area contributed by atoms with E-state index in [0.29, 0.717) is 0 Å². The average molecular weight is 334 g/mol. The molecule has 0 aliphatic rings. The SMILES string of the molecule is O=Cc1cc2cc(CBr)cc(Br)c2s1. The number of alkyl halides is 1. The van der Waals surface area contributed by atoms with Gasteiger partial charge in [-0.15, -0.1) is 11.3 Å². The highest BCUT2D eigenvalue weighted by molar-refractivity contribution is 9.10. The standard InChI is InChI=1S/C10H6Br2OS/c11-4-6-1-7-3-8(5-13)14-10(7)9(12)2-6/h1-3,5H,4H2. The van der Waals surface area contributed by atoms with E-state index in [9.17, 15) is 4.79 Å². The highest BCUT2D eigenvalue weighted by Gasteiger charge is 2.06. The molecule has 2 rings (SSSR count). The van der Waals surface area contributed by atoms with Gasteiger partial charge in [-0.3, -0.25) is 4.79 Å².